The fourth-order valence-electron chi connectivity index (χ4n) is 4.25. The molecule has 1 atom stereocenters. The molecule has 0 bridgehead atoms. The average Bonchev–Trinajstić information content (AvgIpc) is 2.80. The van der Waals surface area contributed by atoms with E-state index in [1.165, 1.54) is 0 Å². The van der Waals surface area contributed by atoms with Gasteiger partial charge in [0.1, 0.15) is 5.78 Å². The van der Waals surface area contributed by atoms with Gasteiger partial charge in [-0.15, -0.1) is 0 Å². The molecular formula is C28H24O3. The highest BCUT2D eigenvalue weighted by atomic mass is 16.2. The summed E-state index contributed by atoms with van der Waals surface area (Å²) >= 11 is 0. The fourth-order valence-corrected chi connectivity index (χ4v) is 4.25. The summed E-state index contributed by atoms with van der Waals surface area (Å²) in [6, 6.07) is 26.8. The molecule has 4 rings (SSSR count). The first-order valence-electron chi connectivity index (χ1n) is 10.6. The molecule has 4 aromatic rings. The molecule has 0 aliphatic rings. The second-order valence-corrected chi connectivity index (χ2v) is 7.94. The SMILES string of the molecule is CC(=O)CCCC(C(=O)C(=O)c1cccc2ccccc12)c1cccc2ccccc12. The van der Waals surface area contributed by atoms with Crippen LogP contribution in [0.25, 0.3) is 21.5 Å². The summed E-state index contributed by atoms with van der Waals surface area (Å²) in [5, 5.41) is 3.71. The lowest BCUT2D eigenvalue weighted by molar-refractivity contribution is -0.118. The van der Waals surface area contributed by atoms with Crippen LogP contribution in [0.2, 0.25) is 0 Å². The van der Waals surface area contributed by atoms with Crippen LogP contribution in [0.5, 0.6) is 0 Å². The van der Waals surface area contributed by atoms with Crippen LogP contribution in [0, 0.1) is 0 Å². The zero-order chi connectivity index (χ0) is 21.8. The number of carbonyl (C=O) groups excluding carboxylic acids is 3. The first kappa shape index (κ1) is 20.7. The Morgan fingerprint density at radius 2 is 1.29 bits per heavy atom. The summed E-state index contributed by atoms with van der Waals surface area (Å²) in [6.45, 7) is 1.55. The summed E-state index contributed by atoms with van der Waals surface area (Å²) in [6.07, 6.45) is 1.43. The van der Waals surface area contributed by atoms with Gasteiger partial charge < -0.3 is 4.79 Å². The molecule has 0 saturated heterocycles. The minimum Gasteiger partial charge on any atom is -0.300 e. The number of fused-ring (bicyclic) bond motifs is 2. The largest absolute Gasteiger partial charge is 0.300 e. The van der Waals surface area contributed by atoms with Gasteiger partial charge in [0.15, 0.2) is 0 Å². The molecule has 0 N–H and O–H groups in total. The van der Waals surface area contributed by atoms with Gasteiger partial charge in [-0.2, -0.15) is 0 Å². The van der Waals surface area contributed by atoms with Crippen LogP contribution in [0.1, 0.15) is 48.0 Å². The van der Waals surface area contributed by atoms with Gasteiger partial charge in [0.05, 0.1) is 5.92 Å². The van der Waals surface area contributed by atoms with E-state index in [-0.39, 0.29) is 5.78 Å². The van der Waals surface area contributed by atoms with Crippen LogP contribution in [0.4, 0.5) is 0 Å². The number of rotatable bonds is 8. The van der Waals surface area contributed by atoms with E-state index in [1.807, 2.05) is 78.9 Å². The van der Waals surface area contributed by atoms with E-state index in [2.05, 4.69) is 0 Å². The van der Waals surface area contributed by atoms with Crippen molar-refractivity contribution in [3.63, 3.8) is 0 Å². The molecule has 0 aliphatic heterocycles. The first-order valence-corrected chi connectivity index (χ1v) is 10.6. The topological polar surface area (TPSA) is 51.2 Å². The highest BCUT2D eigenvalue weighted by Crippen LogP contribution is 2.32. The van der Waals surface area contributed by atoms with E-state index in [4.69, 9.17) is 0 Å². The predicted molar refractivity (Wildman–Crippen MR) is 125 cm³/mol. The molecule has 3 heteroatoms. The smallest absolute Gasteiger partial charge is 0.229 e. The Morgan fingerprint density at radius 1 is 0.710 bits per heavy atom. The van der Waals surface area contributed by atoms with Crippen molar-refractivity contribution in [3.8, 4) is 0 Å². The molecule has 1 unspecified atom stereocenters. The number of ketones is 3. The minimum absolute atomic E-state index is 0.0875. The van der Waals surface area contributed by atoms with Crippen molar-refractivity contribution >= 4 is 38.9 Å². The molecule has 0 aliphatic carbocycles. The maximum Gasteiger partial charge on any atom is 0.229 e. The van der Waals surface area contributed by atoms with E-state index in [0.717, 1.165) is 27.1 Å². The van der Waals surface area contributed by atoms with Crippen molar-refractivity contribution in [3.05, 3.63) is 96.1 Å². The Hall–Kier alpha value is -3.59. The van der Waals surface area contributed by atoms with Crippen LogP contribution in [0.3, 0.4) is 0 Å². The van der Waals surface area contributed by atoms with Crippen molar-refractivity contribution in [1.82, 2.24) is 0 Å². The van der Waals surface area contributed by atoms with Gasteiger partial charge in [-0.1, -0.05) is 84.9 Å². The number of carbonyl (C=O) groups is 3. The third-order valence-electron chi connectivity index (χ3n) is 5.79. The normalized spacial score (nSPS) is 12.0. The molecule has 31 heavy (non-hydrogen) atoms. The predicted octanol–water partition coefficient (Wildman–Crippen LogP) is 6.29. The first-order chi connectivity index (χ1) is 15.1. The highest BCUT2D eigenvalue weighted by Gasteiger charge is 2.29. The molecule has 154 valence electrons. The lowest BCUT2D eigenvalue weighted by Crippen LogP contribution is -2.23. The van der Waals surface area contributed by atoms with Crippen LogP contribution < -0.4 is 0 Å². The molecule has 4 aromatic carbocycles. The minimum atomic E-state index is -0.586. The van der Waals surface area contributed by atoms with Crippen molar-refractivity contribution in [2.75, 3.05) is 0 Å². The standard InChI is InChI=1S/C28H24O3/c1-19(29)9-6-17-26(24-16-7-12-20-10-2-4-14-22(20)24)28(31)27(30)25-18-8-13-21-11-3-5-15-23(21)25/h2-5,7-8,10-16,18,26H,6,9,17H2,1H3. The quantitative estimate of drug-likeness (QED) is 0.254. The van der Waals surface area contributed by atoms with Gasteiger partial charge in [0, 0.05) is 12.0 Å². The van der Waals surface area contributed by atoms with Gasteiger partial charge in [0.25, 0.3) is 0 Å². The van der Waals surface area contributed by atoms with Crippen molar-refractivity contribution in [1.29, 1.82) is 0 Å². The zero-order valence-electron chi connectivity index (χ0n) is 17.5. The van der Waals surface area contributed by atoms with Crippen molar-refractivity contribution in [2.45, 2.75) is 32.1 Å². The van der Waals surface area contributed by atoms with Crippen LogP contribution >= 0.6 is 0 Å². The molecule has 3 nitrogen and oxygen atoms in total. The lowest BCUT2D eigenvalue weighted by atomic mass is 9.83. The molecule has 0 aromatic heterocycles. The van der Waals surface area contributed by atoms with Crippen molar-refractivity contribution in [2.24, 2.45) is 0 Å². The van der Waals surface area contributed by atoms with E-state index in [9.17, 15) is 14.4 Å². The Labute approximate surface area is 181 Å². The Morgan fingerprint density at radius 3 is 2.00 bits per heavy atom. The molecule has 0 fully saturated rings. The lowest BCUT2D eigenvalue weighted by Gasteiger charge is -2.18. The maximum atomic E-state index is 13.6. The molecule has 0 amide bonds. The molecule has 0 spiro atoms. The zero-order valence-corrected chi connectivity index (χ0v) is 17.5. The van der Waals surface area contributed by atoms with E-state index in [1.54, 1.807) is 13.0 Å². The van der Waals surface area contributed by atoms with Crippen LogP contribution in [-0.2, 0) is 9.59 Å². The average molecular weight is 408 g/mol. The third-order valence-corrected chi connectivity index (χ3v) is 5.79. The van der Waals surface area contributed by atoms with E-state index < -0.39 is 17.5 Å². The summed E-state index contributed by atoms with van der Waals surface area (Å²) in [4.78, 5) is 38.5. The van der Waals surface area contributed by atoms with Gasteiger partial charge in [-0.05, 0) is 46.9 Å². The van der Waals surface area contributed by atoms with Crippen LogP contribution in [-0.4, -0.2) is 17.3 Å². The third kappa shape index (κ3) is 4.31. The van der Waals surface area contributed by atoms with E-state index >= 15 is 0 Å². The summed E-state index contributed by atoms with van der Waals surface area (Å²) < 4.78 is 0. The summed E-state index contributed by atoms with van der Waals surface area (Å²) in [5.74, 6) is -1.39. The molecule has 0 saturated carbocycles. The second kappa shape index (κ2) is 9.05. The molecule has 0 heterocycles. The highest BCUT2D eigenvalue weighted by molar-refractivity contribution is 6.47. The van der Waals surface area contributed by atoms with E-state index in [0.29, 0.717) is 24.8 Å². The number of benzene rings is 4. The van der Waals surface area contributed by atoms with Gasteiger partial charge in [-0.3, -0.25) is 9.59 Å². The number of hydrogen-bond donors (Lipinski definition) is 0. The molecular weight excluding hydrogens is 384 g/mol. The van der Waals surface area contributed by atoms with Gasteiger partial charge in [-0.25, -0.2) is 0 Å². The Bertz CT molecular complexity index is 1280. The summed E-state index contributed by atoms with van der Waals surface area (Å²) in [5.41, 5.74) is 1.28. The summed E-state index contributed by atoms with van der Waals surface area (Å²) in [7, 11) is 0. The van der Waals surface area contributed by atoms with Gasteiger partial charge in [0.2, 0.25) is 11.6 Å². The van der Waals surface area contributed by atoms with Crippen LogP contribution in [0.15, 0.2) is 84.9 Å². The second-order valence-electron chi connectivity index (χ2n) is 7.94. The Kier molecular flexibility index (Phi) is 6.03. The maximum absolute atomic E-state index is 13.6. The number of hydrogen-bond acceptors (Lipinski definition) is 3. The van der Waals surface area contributed by atoms with Crippen molar-refractivity contribution < 1.29 is 14.4 Å². The van der Waals surface area contributed by atoms with Gasteiger partial charge >= 0.3 is 0 Å². The molecule has 0 radical (unpaired) electrons. The number of Topliss-reactive ketones (excluding diaryl/α,β-unsaturated/α-hetero) is 3. The monoisotopic (exact) mass is 408 g/mol. The fraction of sp³-hybridized carbons (Fsp3) is 0.179. The Balaban J connectivity index is 1.76.